The summed E-state index contributed by atoms with van der Waals surface area (Å²) in [5, 5.41) is 11.9. The van der Waals surface area contributed by atoms with Crippen molar-refractivity contribution in [1.29, 1.82) is 0 Å². The molecule has 4 heteroatoms. The first-order valence-corrected chi connectivity index (χ1v) is 6.78. The summed E-state index contributed by atoms with van der Waals surface area (Å²) < 4.78 is 0. The lowest BCUT2D eigenvalue weighted by Crippen LogP contribution is -2.43. The molecule has 0 aliphatic rings. The van der Waals surface area contributed by atoms with Crippen LogP contribution in [0.15, 0.2) is 0 Å². The van der Waals surface area contributed by atoms with E-state index in [1.54, 1.807) is 6.92 Å². The summed E-state index contributed by atoms with van der Waals surface area (Å²) in [4.78, 5) is 11.4. The molecule has 0 aliphatic heterocycles. The van der Waals surface area contributed by atoms with Crippen molar-refractivity contribution >= 4 is 5.91 Å². The number of unbranched alkanes of at least 4 members (excludes halogenated alkanes) is 5. The average molecular weight is 244 g/mol. The lowest BCUT2D eigenvalue weighted by molar-refractivity contribution is -0.121. The summed E-state index contributed by atoms with van der Waals surface area (Å²) in [5.41, 5.74) is 5.61. The van der Waals surface area contributed by atoms with E-state index in [0.717, 1.165) is 12.8 Å². The summed E-state index contributed by atoms with van der Waals surface area (Å²) in [5.74, 6) is 0.0385. The minimum absolute atomic E-state index is 0.0385. The van der Waals surface area contributed by atoms with Gasteiger partial charge in [0.05, 0.1) is 6.10 Å². The van der Waals surface area contributed by atoms with Gasteiger partial charge in [-0.2, -0.15) is 0 Å². The van der Waals surface area contributed by atoms with Crippen LogP contribution < -0.4 is 11.1 Å². The average Bonchev–Trinajstić information content (AvgIpc) is 2.30. The summed E-state index contributed by atoms with van der Waals surface area (Å²) >= 11 is 0. The SMILES string of the molecule is CCCCCCCCC(=O)NCC(N)C(C)O. The number of aliphatic hydroxyl groups is 1. The Kier molecular flexibility index (Phi) is 10.2. The fourth-order valence-corrected chi connectivity index (χ4v) is 1.56. The number of amides is 1. The highest BCUT2D eigenvalue weighted by Gasteiger charge is 2.10. The molecule has 2 atom stereocenters. The number of carbonyl (C=O) groups excluding carboxylic acids is 1. The van der Waals surface area contributed by atoms with Gasteiger partial charge in [0.15, 0.2) is 0 Å². The predicted octanol–water partition coefficient (Wildman–Crippen LogP) is 1.56. The van der Waals surface area contributed by atoms with Crippen molar-refractivity contribution in [3.63, 3.8) is 0 Å². The van der Waals surface area contributed by atoms with Crippen LogP contribution in [-0.4, -0.2) is 29.7 Å². The molecule has 0 saturated carbocycles. The molecule has 0 rings (SSSR count). The minimum Gasteiger partial charge on any atom is -0.392 e. The molecule has 0 radical (unpaired) electrons. The van der Waals surface area contributed by atoms with Gasteiger partial charge in [-0.1, -0.05) is 39.0 Å². The quantitative estimate of drug-likeness (QED) is 0.510. The topological polar surface area (TPSA) is 75.4 Å². The van der Waals surface area contributed by atoms with Crippen LogP contribution in [0, 0.1) is 0 Å². The van der Waals surface area contributed by atoms with Gasteiger partial charge < -0.3 is 16.2 Å². The zero-order chi connectivity index (χ0) is 13.1. The molecule has 0 aromatic carbocycles. The second-order valence-corrected chi connectivity index (χ2v) is 4.73. The maximum atomic E-state index is 11.4. The highest BCUT2D eigenvalue weighted by Crippen LogP contribution is 2.06. The number of carbonyl (C=O) groups is 1. The molecule has 4 nitrogen and oxygen atoms in total. The van der Waals surface area contributed by atoms with Crippen LogP contribution >= 0.6 is 0 Å². The number of hydrogen-bond acceptors (Lipinski definition) is 3. The van der Waals surface area contributed by atoms with Crippen molar-refractivity contribution in [2.75, 3.05) is 6.54 Å². The summed E-state index contributed by atoms with van der Waals surface area (Å²) in [7, 11) is 0. The van der Waals surface area contributed by atoms with E-state index in [0.29, 0.717) is 13.0 Å². The van der Waals surface area contributed by atoms with Crippen LogP contribution in [0.2, 0.25) is 0 Å². The molecule has 4 N–H and O–H groups in total. The molecule has 0 bridgehead atoms. The number of aliphatic hydroxyl groups excluding tert-OH is 1. The Balaban J connectivity index is 3.35. The van der Waals surface area contributed by atoms with Crippen LogP contribution in [0.5, 0.6) is 0 Å². The van der Waals surface area contributed by atoms with Crippen molar-refractivity contribution in [2.45, 2.75) is 70.9 Å². The molecule has 1 amide bonds. The van der Waals surface area contributed by atoms with Gasteiger partial charge in [-0.15, -0.1) is 0 Å². The monoisotopic (exact) mass is 244 g/mol. The van der Waals surface area contributed by atoms with E-state index in [1.165, 1.54) is 25.7 Å². The van der Waals surface area contributed by atoms with Crippen molar-refractivity contribution < 1.29 is 9.90 Å². The van der Waals surface area contributed by atoms with Crippen molar-refractivity contribution in [1.82, 2.24) is 5.32 Å². The number of hydrogen-bond donors (Lipinski definition) is 3. The van der Waals surface area contributed by atoms with Crippen LogP contribution in [0.25, 0.3) is 0 Å². The Morgan fingerprint density at radius 2 is 1.82 bits per heavy atom. The van der Waals surface area contributed by atoms with Gasteiger partial charge in [-0.05, 0) is 13.3 Å². The van der Waals surface area contributed by atoms with E-state index >= 15 is 0 Å². The first kappa shape index (κ1) is 16.4. The number of nitrogens with two attached hydrogens (primary N) is 1. The second kappa shape index (κ2) is 10.5. The van der Waals surface area contributed by atoms with Crippen LogP contribution in [-0.2, 0) is 4.79 Å². The van der Waals surface area contributed by atoms with Crippen LogP contribution in [0.3, 0.4) is 0 Å². The molecule has 0 aliphatic carbocycles. The molecule has 0 aromatic rings. The minimum atomic E-state index is -0.579. The fourth-order valence-electron chi connectivity index (χ4n) is 1.56. The summed E-state index contributed by atoms with van der Waals surface area (Å²) in [6.45, 7) is 4.18. The standard InChI is InChI=1S/C13H28N2O2/c1-3-4-5-6-7-8-9-13(17)15-10-12(14)11(2)16/h11-12,16H,3-10,14H2,1-2H3,(H,15,17). The fraction of sp³-hybridized carbons (Fsp3) is 0.923. The van der Waals surface area contributed by atoms with Crippen molar-refractivity contribution in [3.05, 3.63) is 0 Å². The Labute approximate surface area is 105 Å². The predicted molar refractivity (Wildman–Crippen MR) is 70.7 cm³/mol. The largest absolute Gasteiger partial charge is 0.392 e. The van der Waals surface area contributed by atoms with E-state index in [1.807, 2.05) is 0 Å². The first-order chi connectivity index (χ1) is 8.07. The molecule has 0 fully saturated rings. The summed E-state index contributed by atoms with van der Waals surface area (Å²) in [6, 6.07) is -0.372. The Bertz CT molecular complexity index is 196. The lowest BCUT2D eigenvalue weighted by atomic mass is 10.1. The normalized spacial score (nSPS) is 14.4. The number of nitrogens with one attached hydrogen (secondary N) is 1. The molecular formula is C13H28N2O2. The molecule has 0 aromatic heterocycles. The van der Waals surface area contributed by atoms with E-state index in [4.69, 9.17) is 10.8 Å². The van der Waals surface area contributed by atoms with Crippen molar-refractivity contribution in [2.24, 2.45) is 5.73 Å². The highest BCUT2D eigenvalue weighted by atomic mass is 16.3. The van der Waals surface area contributed by atoms with Crippen LogP contribution in [0.4, 0.5) is 0 Å². The van der Waals surface area contributed by atoms with Crippen molar-refractivity contribution in [3.8, 4) is 0 Å². The maximum Gasteiger partial charge on any atom is 0.220 e. The van der Waals surface area contributed by atoms with Gasteiger partial charge >= 0.3 is 0 Å². The molecule has 2 unspecified atom stereocenters. The third-order valence-corrected chi connectivity index (χ3v) is 2.91. The van der Waals surface area contributed by atoms with Gasteiger partial charge in [-0.25, -0.2) is 0 Å². The molecular weight excluding hydrogens is 216 g/mol. The van der Waals surface area contributed by atoms with E-state index in [9.17, 15) is 4.79 Å². The third-order valence-electron chi connectivity index (χ3n) is 2.91. The number of rotatable bonds is 10. The van der Waals surface area contributed by atoms with E-state index in [-0.39, 0.29) is 11.9 Å². The molecule has 102 valence electrons. The van der Waals surface area contributed by atoms with Gasteiger partial charge in [0.1, 0.15) is 0 Å². The molecule has 17 heavy (non-hydrogen) atoms. The highest BCUT2D eigenvalue weighted by molar-refractivity contribution is 5.75. The molecule has 0 heterocycles. The second-order valence-electron chi connectivity index (χ2n) is 4.73. The zero-order valence-electron chi connectivity index (χ0n) is 11.2. The summed E-state index contributed by atoms with van der Waals surface area (Å²) in [6.07, 6.45) is 7.07. The van der Waals surface area contributed by atoms with Gasteiger partial charge in [-0.3, -0.25) is 4.79 Å². The van der Waals surface area contributed by atoms with Crippen LogP contribution in [0.1, 0.15) is 58.8 Å². The Morgan fingerprint density at radius 1 is 1.24 bits per heavy atom. The van der Waals surface area contributed by atoms with E-state index < -0.39 is 6.10 Å². The van der Waals surface area contributed by atoms with E-state index in [2.05, 4.69) is 12.2 Å². The van der Waals surface area contributed by atoms with Gasteiger partial charge in [0, 0.05) is 19.0 Å². The molecule has 0 saturated heterocycles. The Hall–Kier alpha value is -0.610. The smallest absolute Gasteiger partial charge is 0.220 e. The third kappa shape index (κ3) is 10.3. The Morgan fingerprint density at radius 3 is 2.41 bits per heavy atom. The maximum absolute atomic E-state index is 11.4. The van der Waals surface area contributed by atoms with Gasteiger partial charge in [0.2, 0.25) is 5.91 Å². The van der Waals surface area contributed by atoms with Gasteiger partial charge in [0.25, 0.3) is 0 Å². The zero-order valence-corrected chi connectivity index (χ0v) is 11.2. The lowest BCUT2D eigenvalue weighted by Gasteiger charge is -2.15. The molecule has 0 spiro atoms. The first-order valence-electron chi connectivity index (χ1n) is 6.78.